The van der Waals surface area contributed by atoms with Crippen molar-refractivity contribution in [1.29, 1.82) is 0 Å². The third-order valence-electron chi connectivity index (χ3n) is 6.39. The van der Waals surface area contributed by atoms with Gasteiger partial charge < -0.3 is 11.5 Å². The van der Waals surface area contributed by atoms with E-state index in [2.05, 4.69) is 30.1 Å². The number of allylic oxidation sites excluding steroid dienone is 3. The molecule has 3 heteroatoms. The van der Waals surface area contributed by atoms with Crippen LogP contribution in [-0.4, -0.2) is 15.5 Å². The lowest BCUT2D eigenvalue weighted by atomic mass is 9.64. The fourth-order valence-corrected chi connectivity index (χ4v) is 9.60. The second-order valence-corrected chi connectivity index (χ2v) is 11.3. The summed E-state index contributed by atoms with van der Waals surface area (Å²) >= 11 is 0.0783. The Morgan fingerprint density at radius 3 is 1.83 bits per heavy atom. The largest absolute Gasteiger partial charge is 0.328 e. The van der Waals surface area contributed by atoms with Gasteiger partial charge in [-0.1, -0.05) is 31.6 Å². The SMILES string of the molecule is CC(C)C1=CC=C[I]C1(C1CCC(N)CC1)C1CCC(N)CC1. The van der Waals surface area contributed by atoms with Gasteiger partial charge in [0.2, 0.25) is 0 Å². The van der Waals surface area contributed by atoms with Crippen LogP contribution in [0.3, 0.4) is 0 Å². The Morgan fingerprint density at radius 2 is 1.39 bits per heavy atom. The molecule has 0 atom stereocenters. The molecule has 0 amide bonds. The summed E-state index contributed by atoms with van der Waals surface area (Å²) in [5.74, 6) is 2.41. The third-order valence-corrected chi connectivity index (χ3v) is 10.6. The summed E-state index contributed by atoms with van der Waals surface area (Å²) < 4.78 is 3.05. The predicted octanol–water partition coefficient (Wildman–Crippen LogP) is 4.84. The molecule has 0 saturated heterocycles. The molecule has 2 nitrogen and oxygen atoms in total. The molecule has 0 unspecified atom stereocenters. The van der Waals surface area contributed by atoms with Crippen LogP contribution in [0, 0.1) is 17.8 Å². The van der Waals surface area contributed by atoms with Crippen molar-refractivity contribution in [2.45, 2.75) is 80.7 Å². The highest BCUT2D eigenvalue weighted by Gasteiger charge is 2.50. The predicted molar refractivity (Wildman–Crippen MR) is 109 cm³/mol. The van der Waals surface area contributed by atoms with Crippen LogP contribution in [0.2, 0.25) is 0 Å². The minimum Gasteiger partial charge on any atom is -0.328 e. The van der Waals surface area contributed by atoms with Crippen molar-refractivity contribution >= 4 is 21.2 Å². The highest BCUT2D eigenvalue weighted by Crippen LogP contribution is 2.60. The first kappa shape index (κ1) is 17.9. The topological polar surface area (TPSA) is 52.0 Å². The van der Waals surface area contributed by atoms with Gasteiger partial charge in [0.05, 0.1) is 0 Å². The van der Waals surface area contributed by atoms with Gasteiger partial charge in [0.15, 0.2) is 0 Å². The Morgan fingerprint density at radius 1 is 0.913 bits per heavy atom. The molecule has 0 bridgehead atoms. The van der Waals surface area contributed by atoms with Crippen molar-refractivity contribution < 1.29 is 0 Å². The van der Waals surface area contributed by atoms with E-state index in [0.29, 0.717) is 21.4 Å². The molecule has 3 aliphatic rings. The molecule has 2 fully saturated rings. The molecule has 0 aromatic heterocycles. The van der Waals surface area contributed by atoms with Crippen LogP contribution in [0.15, 0.2) is 21.8 Å². The molecule has 4 N–H and O–H groups in total. The highest BCUT2D eigenvalue weighted by molar-refractivity contribution is 14.2. The van der Waals surface area contributed by atoms with Crippen molar-refractivity contribution in [3.63, 3.8) is 0 Å². The summed E-state index contributed by atoms with van der Waals surface area (Å²) in [6, 6.07) is 0.902. The number of alkyl halides is 1. The fourth-order valence-electron chi connectivity index (χ4n) is 5.17. The van der Waals surface area contributed by atoms with Crippen LogP contribution in [0.4, 0.5) is 0 Å². The summed E-state index contributed by atoms with van der Waals surface area (Å²) in [6.45, 7) is 4.82. The standard InChI is InChI=1S/C20H34IN2/c1-14(2)19-4-3-13-21-20(19,15-5-9-17(22)10-6-15)16-7-11-18(23)12-8-16/h3-4,13-18H,5-12,22-23H2,1-2H3. The van der Waals surface area contributed by atoms with Crippen LogP contribution >= 0.6 is 21.2 Å². The monoisotopic (exact) mass is 429 g/mol. The van der Waals surface area contributed by atoms with E-state index in [1.54, 1.807) is 5.57 Å². The van der Waals surface area contributed by atoms with Crippen LogP contribution in [0.1, 0.15) is 65.2 Å². The molecular formula is C20H34IN2. The summed E-state index contributed by atoms with van der Waals surface area (Å²) in [7, 11) is 0. The van der Waals surface area contributed by atoms with E-state index < -0.39 is 0 Å². The molecule has 0 aromatic carbocycles. The average Bonchev–Trinajstić information content (AvgIpc) is 2.56. The van der Waals surface area contributed by atoms with Crippen LogP contribution in [0.5, 0.6) is 0 Å². The first-order valence-corrected chi connectivity index (χ1v) is 11.9. The molecule has 0 spiro atoms. The summed E-state index contributed by atoms with van der Waals surface area (Å²) in [5, 5.41) is 0. The zero-order valence-electron chi connectivity index (χ0n) is 14.8. The van der Waals surface area contributed by atoms with E-state index in [9.17, 15) is 0 Å². The maximum Gasteiger partial charge on any atom is 0.0444 e. The quantitative estimate of drug-likeness (QED) is 0.498. The van der Waals surface area contributed by atoms with Gasteiger partial charge >= 0.3 is 0 Å². The van der Waals surface area contributed by atoms with Gasteiger partial charge in [-0.25, -0.2) is 0 Å². The maximum absolute atomic E-state index is 6.22. The average molecular weight is 429 g/mol. The summed E-state index contributed by atoms with van der Waals surface area (Å²) in [5.41, 5.74) is 14.2. The lowest BCUT2D eigenvalue weighted by Gasteiger charge is -2.52. The highest BCUT2D eigenvalue weighted by atomic mass is 127. The van der Waals surface area contributed by atoms with Gasteiger partial charge in [0.25, 0.3) is 0 Å². The van der Waals surface area contributed by atoms with Crippen LogP contribution < -0.4 is 11.5 Å². The fraction of sp³-hybridized carbons (Fsp3) is 0.800. The minimum absolute atomic E-state index is 0.0783. The second-order valence-electron chi connectivity index (χ2n) is 8.20. The van der Waals surface area contributed by atoms with E-state index in [1.807, 2.05) is 0 Å². The molecule has 1 radical (unpaired) electrons. The van der Waals surface area contributed by atoms with E-state index in [4.69, 9.17) is 11.5 Å². The van der Waals surface area contributed by atoms with Gasteiger partial charge in [-0.15, -0.1) is 21.2 Å². The van der Waals surface area contributed by atoms with Gasteiger partial charge in [-0.2, -0.15) is 0 Å². The molecule has 3 rings (SSSR count). The van der Waals surface area contributed by atoms with Crippen molar-refractivity contribution in [3.05, 3.63) is 21.8 Å². The first-order valence-electron chi connectivity index (χ1n) is 9.57. The number of nitrogens with two attached hydrogens (primary N) is 2. The smallest absolute Gasteiger partial charge is 0.0444 e. The Hall–Kier alpha value is 0.130. The Balaban J connectivity index is 1.92. The zero-order valence-corrected chi connectivity index (χ0v) is 17.0. The van der Waals surface area contributed by atoms with Gasteiger partial charge in [-0.3, -0.25) is 0 Å². The minimum atomic E-state index is 0.0783. The van der Waals surface area contributed by atoms with E-state index in [1.165, 1.54) is 51.4 Å². The molecular weight excluding hydrogens is 395 g/mol. The van der Waals surface area contributed by atoms with Gasteiger partial charge in [0.1, 0.15) is 0 Å². The second kappa shape index (κ2) is 7.57. The maximum atomic E-state index is 6.22. The normalized spacial score (nSPS) is 41.9. The number of hydrogen-bond donors (Lipinski definition) is 2. The molecule has 1 aliphatic heterocycles. The van der Waals surface area contributed by atoms with Crippen molar-refractivity contribution in [3.8, 4) is 0 Å². The molecule has 2 saturated carbocycles. The molecule has 131 valence electrons. The zero-order chi connectivity index (χ0) is 16.4. The lowest BCUT2D eigenvalue weighted by molar-refractivity contribution is 0.189. The Kier molecular flexibility index (Phi) is 5.90. The third kappa shape index (κ3) is 3.57. The first-order chi connectivity index (χ1) is 11.0. The Labute approximate surface area is 152 Å². The molecule has 23 heavy (non-hydrogen) atoms. The summed E-state index contributed by atoms with van der Waals surface area (Å²) in [4.78, 5) is 0. The van der Waals surface area contributed by atoms with Crippen molar-refractivity contribution in [1.82, 2.24) is 0 Å². The van der Waals surface area contributed by atoms with Gasteiger partial charge in [0, 0.05) is 15.5 Å². The van der Waals surface area contributed by atoms with Crippen LogP contribution in [0.25, 0.3) is 0 Å². The Bertz CT molecular complexity index is 430. The van der Waals surface area contributed by atoms with Gasteiger partial charge in [-0.05, 0) is 73.2 Å². The number of rotatable bonds is 3. The van der Waals surface area contributed by atoms with E-state index in [-0.39, 0.29) is 21.2 Å². The summed E-state index contributed by atoms with van der Waals surface area (Å²) in [6.07, 6.45) is 15.2. The van der Waals surface area contributed by atoms with Crippen molar-refractivity contribution in [2.24, 2.45) is 29.2 Å². The van der Waals surface area contributed by atoms with E-state index >= 15 is 0 Å². The van der Waals surface area contributed by atoms with E-state index in [0.717, 1.165) is 11.8 Å². The van der Waals surface area contributed by atoms with Crippen LogP contribution in [-0.2, 0) is 0 Å². The number of halogens is 1. The molecule has 2 aliphatic carbocycles. The molecule has 1 heterocycles. The lowest BCUT2D eigenvalue weighted by Crippen LogP contribution is -2.49. The molecule has 0 aromatic rings. The number of hydrogen-bond acceptors (Lipinski definition) is 2. The van der Waals surface area contributed by atoms with Crippen molar-refractivity contribution in [2.75, 3.05) is 0 Å².